The number of hydrazine groups is 1. The van der Waals surface area contributed by atoms with Gasteiger partial charge in [-0.05, 0) is 42.9 Å². The van der Waals surface area contributed by atoms with Gasteiger partial charge in [0.25, 0.3) is 5.91 Å². The Morgan fingerprint density at radius 2 is 1.72 bits per heavy atom. The van der Waals surface area contributed by atoms with Crippen molar-refractivity contribution in [2.45, 2.75) is 40.0 Å². The van der Waals surface area contributed by atoms with Gasteiger partial charge in [-0.15, -0.1) is 0 Å². The van der Waals surface area contributed by atoms with Crippen LogP contribution in [0.5, 0.6) is 0 Å². The van der Waals surface area contributed by atoms with Crippen molar-refractivity contribution < 1.29 is 14.4 Å². The number of hydrogen-bond acceptors (Lipinski definition) is 4. The highest BCUT2D eigenvalue weighted by Gasteiger charge is 2.10. The number of anilines is 1. The molecule has 7 nitrogen and oxygen atoms in total. The molecule has 136 valence electrons. The van der Waals surface area contributed by atoms with Crippen LogP contribution in [0.3, 0.4) is 0 Å². The van der Waals surface area contributed by atoms with Gasteiger partial charge in [0, 0.05) is 23.6 Å². The van der Waals surface area contributed by atoms with Crippen LogP contribution < -0.4 is 21.5 Å². The first-order valence-electron chi connectivity index (χ1n) is 8.14. The third-order valence-corrected chi connectivity index (χ3v) is 3.44. The number of hydrogen-bond donors (Lipinski definition) is 4. The van der Waals surface area contributed by atoms with Gasteiger partial charge in [0.2, 0.25) is 11.8 Å². The molecule has 0 fully saturated rings. The first-order chi connectivity index (χ1) is 11.8. The molecule has 1 aromatic rings. The number of thiocarbonyl (C=S) groups is 1. The lowest BCUT2D eigenvalue weighted by molar-refractivity contribution is -0.120. The minimum Gasteiger partial charge on any atom is -0.326 e. The summed E-state index contributed by atoms with van der Waals surface area (Å²) in [5.41, 5.74) is 5.88. The van der Waals surface area contributed by atoms with Crippen molar-refractivity contribution >= 4 is 40.7 Å². The van der Waals surface area contributed by atoms with E-state index in [1.165, 1.54) is 0 Å². The Labute approximate surface area is 152 Å². The van der Waals surface area contributed by atoms with E-state index in [4.69, 9.17) is 12.2 Å². The number of benzene rings is 1. The fourth-order valence-corrected chi connectivity index (χ4v) is 1.90. The number of amides is 3. The molecule has 4 N–H and O–H groups in total. The topological polar surface area (TPSA) is 99.3 Å². The Hall–Kier alpha value is -2.48. The molecule has 3 amide bonds. The summed E-state index contributed by atoms with van der Waals surface area (Å²) in [4.78, 5) is 35.1. The molecule has 0 aliphatic heterocycles. The fourth-order valence-electron chi connectivity index (χ4n) is 1.73. The second-order valence-electron chi connectivity index (χ2n) is 5.78. The molecule has 0 bridgehead atoms. The SMILES string of the molecule is CCCCC(=O)NC(=S)NNC(=O)c1ccc(NC(=O)C(C)C)cc1. The maximum absolute atomic E-state index is 12.0. The van der Waals surface area contributed by atoms with Gasteiger partial charge in [-0.1, -0.05) is 27.2 Å². The second kappa shape index (κ2) is 10.4. The normalized spacial score (nSPS) is 10.1. The first-order valence-corrected chi connectivity index (χ1v) is 8.55. The monoisotopic (exact) mass is 364 g/mol. The zero-order chi connectivity index (χ0) is 18.8. The van der Waals surface area contributed by atoms with Gasteiger partial charge in [0.1, 0.15) is 0 Å². The van der Waals surface area contributed by atoms with Crippen LogP contribution >= 0.6 is 12.2 Å². The molecule has 0 aliphatic carbocycles. The van der Waals surface area contributed by atoms with E-state index in [1.807, 2.05) is 6.92 Å². The zero-order valence-corrected chi connectivity index (χ0v) is 15.5. The summed E-state index contributed by atoms with van der Waals surface area (Å²) in [5.74, 6) is -0.825. The second-order valence-corrected chi connectivity index (χ2v) is 6.19. The van der Waals surface area contributed by atoms with Crippen molar-refractivity contribution in [1.29, 1.82) is 0 Å². The first kappa shape index (κ1) is 20.6. The van der Waals surface area contributed by atoms with E-state index in [1.54, 1.807) is 38.1 Å². The lowest BCUT2D eigenvalue weighted by atomic mass is 10.1. The van der Waals surface area contributed by atoms with Crippen LogP contribution in [0.4, 0.5) is 5.69 Å². The molecule has 8 heteroatoms. The zero-order valence-electron chi connectivity index (χ0n) is 14.6. The van der Waals surface area contributed by atoms with Crippen LogP contribution in [0.15, 0.2) is 24.3 Å². The molecule has 0 atom stereocenters. The highest BCUT2D eigenvalue weighted by Crippen LogP contribution is 2.10. The maximum Gasteiger partial charge on any atom is 0.269 e. The molecule has 0 spiro atoms. The summed E-state index contributed by atoms with van der Waals surface area (Å²) >= 11 is 4.94. The summed E-state index contributed by atoms with van der Waals surface area (Å²) in [7, 11) is 0. The van der Waals surface area contributed by atoms with Crippen molar-refractivity contribution in [3.8, 4) is 0 Å². The largest absolute Gasteiger partial charge is 0.326 e. The van der Waals surface area contributed by atoms with Crippen LogP contribution in [0.2, 0.25) is 0 Å². The molecular weight excluding hydrogens is 340 g/mol. The Morgan fingerprint density at radius 3 is 2.28 bits per heavy atom. The third kappa shape index (κ3) is 7.75. The quantitative estimate of drug-likeness (QED) is 0.458. The van der Waals surface area contributed by atoms with Crippen molar-refractivity contribution in [2.75, 3.05) is 5.32 Å². The van der Waals surface area contributed by atoms with E-state index in [0.29, 0.717) is 17.7 Å². The summed E-state index contributed by atoms with van der Waals surface area (Å²) in [6, 6.07) is 6.44. The molecular formula is C17H24N4O3S. The average molecular weight is 364 g/mol. The third-order valence-electron chi connectivity index (χ3n) is 3.24. The van der Waals surface area contributed by atoms with Crippen LogP contribution in [-0.4, -0.2) is 22.8 Å². The van der Waals surface area contributed by atoms with Gasteiger partial charge >= 0.3 is 0 Å². The standard InChI is InChI=1S/C17H24N4O3S/c1-4-5-6-14(22)19-17(25)21-20-16(24)12-7-9-13(10-8-12)18-15(23)11(2)3/h7-11H,4-6H2,1-3H3,(H,18,23)(H,20,24)(H2,19,21,22,25). The van der Waals surface area contributed by atoms with Crippen molar-refractivity contribution in [1.82, 2.24) is 16.2 Å². The Kier molecular flexibility index (Phi) is 8.55. The molecule has 0 saturated carbocycles. The maximum atomic E-state index is 12.0. The fraction of sp³-hybridized carbons (Fsp3) is 0.412. The summed E-state index contributed by atoms with van der Waals surface area (Å²) in [6.07, 6.45) is 2.08. The van der Waals surface area contributed by atoms with E-state index in [9.17, 15) is 14.4 Å². The van der Waals surface area contributed by atoms with E-state index in [-0.39, 0.29) is 22.8 Å². The predicted molar refractivity (Wildman–Crippen MR) is 101 cm³/mol. The van der Waals surface area contributed by atoms with Gasteiger partial charge < -0.3 is 10.6 Å². The van der Waals surface area contributed by atoms with E-state index in [0.717, 1.165) is 12.8 Å². The number of carbonyl (C=O) groups is 3. The lowest BCUT2D eigenvalue weighted by Crippen LogP contribution is -2.48. The van der Waals surface area contributed by atoms with Gasteiger partial charge in [0.05, 0.1) is 0 Å². The minimum absolute atomic E-state index is 0.0373. The predicted octanol–water partition coefficient (Wildman–Crippen LogP) is 2.11. The highest BCUT2D eigenvalue weighted by atomic mass is 32.1. The molecule has 0 aromatic heterocycles. The molecule has 0 aliphatic rings. The summed E-state index contributed by atoms with van der Waals surface area (Å²) in [5, 5.41) is 5.26. The molecule has 0 radical (unpaired) electrons. The number of unbranched alkanes of at least 4 members (excludes halogenated alkanes) is 1. The Balaban J connectivity index is 2.45. The van der Waals surface area contributed by atoms with E-state index < -0.39 is 5.91 Å². The number of nitrogens with one attached hydrogen (secondary N) is 4. The Morgan fingerprint density at radius 1 is 1.08 bits per heavy atom. The van der Waals surface area contributed by atoms with Crippen LogP contribution in [0.1, 0.15) is 50.4 Å². The number of carbonyl (C=O) groups excluding carboxylic acids is 3. The van der Waals surface area contributed by atoms with Crippen molar-refractivity contribution in [2.24, 2.45) is 5.92 Å². The molecule has 1 aromatic carbocycles. The lowest BCUT2D eigenvalue weighted by Gasteiger charge is -2.11. The molecule has 0 saturated heterocycles. The Bertz CT molecular complexity index is 629. The van der Waals surface area contributed by atoms with Crippen molar-refractivity contribution in [3.63, 3.8) is 0 Å². The van der Waals surface area contributed by atoms with Gasteiger partial charge in [-0.3, -0.25) is 25.2 Å². The minimum atomic E-state index is -0.410. The van der Waals surface area contributed by atoms with Gasteiger partial charge in [-0.2, -0.15) is 0 Å². The molecule has 0 unspecified atom stereocenters. The van der Waals surface area contributed by atoms with Crippen LogP contribution in [-0.2, 0) is 9.59 Å². The number of rotatable bonds is 6. The van der Waals surface area contributed by atoms with E-state index in [2.05, 4.69) is 21.5 Å². The van der Waals surface area contributed by atoms with Crippen molar-refractivity contribution in [3.05, 3.63) is 29.8 Å². The summed E-state index contributed by atoms with van der Waals surface area (Å²) < 4.78 is 0. The van der Waals surface area contributed by atoms with Gasteiger partial charge in [-0.25, -0.2) is 0 Å². The molecule has 1 rings (SSSR count). The van der Waals surface area contributed by atoms with Gasteiger partial charge in [0.15, 0.2) is 5.11 Å². The highest BCUT2D eigenvalue weighted by molar-refractivity contribution is 7.80. The smallest absolute Gasteiger partial charge is 0.269 e. The summed E-state index contributed by atoms with van der Waals surface area (Å²) in [6.45, 7) is 5.59. The van der Waals surface area contributed by atoms with Crippen LogP contribution in [0.25, 0.3) is 0 Å². The molecule has 25 heavy (non-hydrogen) atoms. The van der Waals surface area contributed by atoms with E-state index >= 15 is 0 Å². The average Bonchev–Trinajstić information content (AvgIpc) is 2.58. The van der Waals surface area contributed by atoms with Crippen LogP contribution in [0, 0.1) is 5.92 Å². The molecule has 0 heterocycles.